The lowest BCUT2D eigenvalue weighted by Gasteiger charge is -2.12. The van der Waals surface area contributed by atoms with Gasteiger partial charge in [-0.05, 0) is 48.8 Å². The molecule has 0 atom stereocenters. The van der Waals surface area contributed by atoms with E-state index in [0.717, 1.165) is 28.0 Å². The van der Waals surface area contributed by atoms with Gasteiger partial charge in [-0.3, -0.25) is 4.68 Å². The summed E-state index contributed by atoms with van der Waals surface area (Å²) in [5, 5.41) is 16.6. The molecule has 0 aliphatic rings. The van der Waals surface area contributed by atoms with Gasteiger partial charge in [0, 0.05) is 12.1 Å². The molecule has 1 aromatic heterocycles. The minimum Gasteiger partial charge on any atom is -0.487 e. The summed E-state index contributed by atoms with van der Waals surface area (Å²) in [5.41, 5.74) is 3.22. The Labute approximate surface area is 132 Å². The first-order valence-corrected chi connectivity index (χ1v) is 7.50. The summed E-state index contributed by atoms with van der Waals surface area (Å²) >= 11 is 3.55. The van der Waals surface area contributed by atoms with Crippen LogP contribution in [0.3, 0.4) is 0 Å². The number of aryl methyl sites for hydroxylation is 2. The fourth-order valence-corrected chi connectivity index (χ4v) is 2.50. The molecule has 0 radical (unpaired) electrons. The van der Waals surface area contributed by atoms with E-state index >= 15 is 0 Å². The predicted molar refractivity (Wildman–Crippen MR) is 85.1 cm³/mol. The van der Waals surface area contributed by atoms with Crippen molar-refractivity contribution in [1.29, 1.82) is 0 Å². The molecule has 112 valence electrons. The second-order valence-electron chi connectivity index (χ2n) is 4.63. The first-order chi connectivity index (χ1) is 10.1. The van der Waals surface area contributed by atoms with Crippen LogP contribution >= 0.6 is 15.9 Å². The lowest BCUT2D eigenvalue weighted by molar-refractivity contribution is 0.290. The molecule has 0 aliphatic carbocycles. The standard InChI is InChI=1S/C15H18BrN3O2/c1-4-19-13(15(16)11(3)17-19)9-21-14-8-6-5-7-12(14)10(2)18-20/h5-8,20H,4,9H2,1-3H3. The van der Waals surface area contributed by atoms with Crippen molar-refractivity contribution < 1.29 is 9.94 Å². The second-order valence-corrected chi connectivity index (χ2v) is 5.43. The Morgan fingerprint density at radius 2 is 2.14 bits per heavy atom. The summed E-state index contributed by atoms with van der Waals surface area (Å²) in [4.78, 5) is 0. The number of para-hydroxylation sites is 1. The maximum Gasteiger partial charge on any atom is 0.131 e. The molecule has 0 amide bonds. The van der Waals surface area contributed by atoms with Gasteiger partial charge in [0.05, 0.1) is 21.6 Å². The largest absolute Gasteiger partial charge is 0.487 e. The van der Waals surface area contributed by atoms with E-state index in [2.05, 4.69) is 26.2 Å². The minimum atomic E-state index is 0.394. The molecule has 0 aliphatic heterocycles. The van der Waals surface area contributed by atoms with Crippen molar-refractivity contribution in [3.63, 3.8) is 0 Å². The molecule has 21 heavy (non-hydrogen) atoms. The van der Waals surface area contributed by atoms with Crippen LogP contribution in [0.15, 0.2) is 33.9 Å². The number of halogens is 1. The van der Waals surface area contributed by atoms with Crippen LogP contribution in [0.2, 0.25) is 0 Å². The Kier molecular flexibility index (Phi) is 5.01. The zero-order valence-electron chi connectivity index (χ0n) is 12.3. The predicted octanol–water partition coefficient (Wildman–Crippen LogP) is 3.75. The van der Waals surface area contributed by atoms with E-state index in [-0.39, 0.29) is 0 Å². The van der Waals surface area contributed by atoms with Gasteiger partial charge in [0.15, 0.2) is 0 Å². The first kappa shape index (κ1) is 15.6. The number of oxime groups is 1. The Hall–Kier alpha value is -1.82. The van der Waals surface area contributed by atoms with Crippen LogP contribution in [0.4, 0.5) is 0 Å². The smallest absolute Gasteiger partial charge is 0.131 e. The van der Waals surface area contributed by atoms with Crippen molar-refractivity contribution in [2.45, 2.75) is 33.9 Å². The van der Waals surface area contributed by atoms with Gasteiger partial charge in [-0.15, -0.1) is 0 Å². The molecule has 5 nitrogen and oxygen atoms in total. The average Bonchev–Trinajstić information content (AvgIpc) is 2.79. The van der Waals surface area contributed by atoms with Crippen molar-refractivity contribution in [3.05, 3.63) is 45.7 Å². The lowest BCUT2D eigenvalue weighted by Crippen LogP contribution is -2.08. The third-order valence-corrected chi connectivity index (χ3v) is 4.28. The Morgan fingerprint density at radius 3 is 2.81 bits per heavy atom. The minimum absolute atomic E-state index is 0.394. The number of benzene rings is 1. The molecule has 0 spiro atoms. The summed E-state index contributed by atoms with van der Waals surface area (Å²) in [6, 6.07) is 7.49. The van der Waals surface area contributed by atoms with Gasteiger partial charge >= 0.3 is 0 Å². The van der Waals surface area contributed by atoms with Gasteiger partial charge < -0.3 is 9.94 Å². The van der Waals surface area contributed by atoms with E-state index < -0.39 is 0 Å². The molecule has 1 N–H and O–H groups in total. The van der Waals surface area contributed by atoms with Gasteiger partial charge in [-0.1, -0.05) is 17.3 Å². The SMILES string of the molecule is CCn1nc(C)c(Br)c1COc1ccccc1C(C)=NO. The zero-order valence-corrected chi connectivity index (χ0v) is 13.9. The number of nitrogens with zero attached hydrogens (tertiary/aromatic N) is 3. The second kappa shape index (κ2) is 6.76. The maximum absolute atomic E-state index is 8.94. The lowest BCUT2D eigenvalue weighted by atomic mass is 10.1. The van der Waals surface area contributed by atoms with Crippen molar-refractivity contribution in [2.24, 2.45) is 5.16 Å². The van der Waals surface area contributed by atoms with E-state index in [1.807, 2.05) is 42.8 Å². The molecule has 2 aromatic rings. The van der Waals surface area contributed by atoms with E-state index in [1.165, 1.54) is 0 Å². The van der Waals surface area contributed by atoms with E-state index in [0.29, 0.717) is 18.1 Å². The van der Waals surface area contributed by atoms with E-state index in [4.69, 9.17) is 9.94 Å². The van der Waals surface area contributed by atoms with Gasteiger partial charge in [-0.2, -0.15) is 5.10 Å². The molecule has 1 heterocycles. The normalized spacial score (nSPS) is 11.7. The highest BCUT2D eigenvalue weighted by Crippen LogP contribution is 2.25. The highest BCUT2D eigenvalue weighted by Gasteiger charge is 2.14. The molecular weight excluding hydrogens is 334 g/mol. The third kappa shape index (κ3) is 3.26. The summed E-state index contributed by atoms with van der Waals surface area (Å²) < 4.78 is 8.78. The van der Waals surface area contributed by atoms with Crippen LogP contribution in [0.5, 0.6) is 5.75 Å². The average molecular weight is 352 g/mol. The highest BCUT2D eigenvalue weighted by atomic mass is 79.9. The van der Waals surface area contributed by atoms with Crippen LogP contribution < -0.4 is 4.74 Å². The van der Waals surface area contributed by atoms with Crippen molar-refractivity contribution >= 4 is 21.6 Å². The maximum atomic E-state index is 8.94. The quantitative estimate of drug-likeness (QED) is 0.507. The molecule has 1 aromatic carbocycles. The Balaban J connectivity index is 2.25. The van der Waals surface area contributed by atoms with Gasteiger partial charge in [0.25, 0.3) is 0 Å². The fraction of sp³-hybridized carbons (Fsp3) is 0.333. The van der Waals surface area contributed by atoms with Gasteiger partial charge in [0.1, 0.15) is 12.4 Å². The number of aromatic nitrogens is 2. The molecule has 2 rings (SSSR count). The first-order valence-electron chi connectivity index (χ1n) is 6.71. The third-order valence-electron chi connectivity index (χ3n) is 3.24. The van der Waals surface area contributed by atoms with Crippen molar-refractivity contribution in [3.8, 4) is 5.75 Å². The highest BCUT2D eigenvalue weighted by molar-refractivity contribution is 9.10. The zero-order chi connectivity index (χ0) is 15.4. The van der Waals surface area contributed by atoms with Crippen molar-refractivity contribution in [2.75, 3.05) is 0 Å². The molecule has 0 saturated carbocycles. The number of ether oxygens (including phenoxy) is 1. The molecule has 0 bridgehead atoms. The van der Waals surface area contributed by atoms with Crippen LogP contribution in [-0.2, 0) is 13.2 Å². The monoisotopic (exact) mass is 351 g/mol. The molecule has 6 heteroatoms. The number of hydrogen-bond acceptors (Lipinski definition) is 4. The number of hydrogen-bond donors (Lipinski definition) is 1. The van der Waals surface area contributed by atoms with E-state index in [1.54, 1.807) is 6.92 Å². The molecule has 0 fully saturated rings. The van der Waals surface area contributed by atoms with Crippen LogP contribution in [0.1, 0.15) is 30.8 Å². The summed E-state index contributed by atoms with van der Waals surface area (Å²) in [5.74, 6) is 0.682. The van der Waals surface area contributed by atoms with Gasteiger partial charge in [0.2, 0.25) is 0 Å². The molecular formula is C15H18BrN3O2. The van der Waals surface area contributed by atoms with Crippen LogP contribution in [0.25, 0.3) is 0 Å². The van der Waals surface area contributed by atoms with Crippen LogP contribution in [0, 0.1) is 6.92 Å². The molecule has 0 saturated heterocycles. The van der Waals surface area contributed by atoms with Crippen LogP contribution in [-0.4, -0.2) is 20.7 Å². The summed E-state index contributed by atoms with van der Waals surface area (Å²) in [6.07, 6.45) is 0. The Bertz CT molecular complexity index is 665. The summed E-state index contributed by atoms with van der Waals surface area (Å²) in [7, 11) is 0. The van der Waals surface area contributed by atoms with E-state index in [9.17, 15) is 0 Å². The van der Waals surface area contributed by atoms with Gasteiger partial charge in [-0.25, -0.2) is 0 Å². The molecule has 0 unspecified atom stereocenters. The number of rotatable bonds is 5. The topological polar surface area (TPSA) is 59.6 Å². The summed E-state index contributed by atoms with van der Waals surface area (Å²) in [6.45, 7) is 6.91. The Morgan fingerprint density at radius 1 is 1.43 bits per heavy atom. The fourth-order valence-electron chi connectivity index (χ4n) is 2.10. The van der Waals surface area contributed by atoms with Crippen molar-refractivity contribution in [1.82, 2.24) is 9.78 Å².